The molecule has 0 amide bonds. The topological polar surface area (TPSA) is 40.5 Å². The Morgan fingerprint density at radius 1 is 1.56 bits per heavy atom. The van der Waals surface area contributed by atoms with E-state index in [4.69, 9.17) is 5.11 Å². The summed E-state index contributed by atoms with van der Waals surface area (Å²) in [6, 6.07) is 8.27. The van der Waals surface area contributed by atoms with Crippen LogP contribution >= 0.6 is 30.3 Å². The van der Waals surface area contributed by atoms with Gasteiger partial charge in [0.05, 0.1) is 6.42 Å². The summed E-state index contributed by atoms with van der Waals surface area (Å²) in [6.07, 6.45) is 0.182. The van der Waals surface area contributed by atoms with Gasteiger partial charge in [-0.2, -0.15) is 0 Å². The average molecular weight is 351 g/mol. The van der Waals surface area contributed by atoms with Crippen molar-refractivity contribution in [2.75, 3.05) is 6.54 Å². The van der Waals surface area contributed by atoms with Crippen molar-refractivity contribution in [3.05, 3.63) is 35.4 Å². The maximum Gasteiger partial charge on any atom is 0.304 e. The molecule has 0 radical (unpaired) electrons. The zero-order chi connectivity index (χ0) is 12.0. The van der Waals surface area contributed by atoms with Crippen LogP contribution in [-0.4, -0.2) is 21.9 Å². The minimum Gasteiger partial charge on any atom is -0.481 e. The quantitative estimate of drug-likeness (QED) is 0.631. The van der Waals surface area contributed by atoms with Gasteiger partial charge in [0.25, 0.3) is 0 Å². The SMILES string of the molecule is Cc1cccc(CN(CCC(=O)O)SI)c1. The molecular formula is C11H14INO2S. The summed E-state index contributed by atoms with van der Waals surface area (Å²) in [4.78, 5) is 10.5. The fourth-order valence-electron chi connectivity index (χ4n) is 1.37. The number of carboxylic acids is 1. The molecule has 1 aromatic carbocycles. The van der Waals surface area contributed by atoms with Crippen LogP contribution in [0.25, 0.3) is 0 Å². The fraction of sp³-hybridized carbons (Fsp3) is 0.364. The van der Waals surface area contributed by atoms with E-state index in [0.29, 0.717) is 6.54 Å². The molecule has 5 heteroatoms. The number of carbonyl (C=O) groups is 1. The Morgan fingerprint density at radius 2 is 2.31 bits per heavy atom. The number of rotatable bonds is 6. The van der Waals surface area contributed by atoms with Gasteiger partial charge < -0.3 is 5.11 Å². The van der Waals surface area contributed by atoms with Crippen molar-refractivity contribution in [2.45, 2.75) is 19.9 Å². The van der Waals surface area contributed by atoms with Gasteiger partial charge in [-0.1, -0.05) is 29.8 Å². The summed E-state index contributed by atoms with van der Waals surface area (Å²) in [7, 11) is 1.55. The number of aryl methyl sites for hydroxylation is 1. The molecule has 1 N–H and O–H groups in total. The molecule has 0 fully saturated rings. The number of aliphatic carboxylic acids is 1. The molecule has 0 aliphatic heterocycles. The van der Waals surface area contributed by atoms with Gasteiger partial charge in [0.1, 0.15) is 0 Å². The third-order valence-corrected chi connectivity index (χ3v) is 4.29. The fourth-order valence-corrected chi connectivity index (χ4v) is 2.74. The molecule has 0 aliphatic rings. The summed E-state index contributed by atoms with van der Waals surface area (Å²) in [5, 5.41) is 8.63. The Labute approximate surface area is 112 Å². The molecule has 1 aromatic rings. The molecule has 88 valence electrons. The van der Waals surface area contributed by atoms with Crippen molar-refractivity contribution in [3.8, 4) is 0 Å². The lowest BCUT2D eigenvalue weighted by Crippen LogP contribution is -2.17. The highest BCUT2D eigenvalue weighted by Gasteiger charge is 2.07. The second-order valence-corrected chi connectivity index (χ2v) is 5.40. The van der Waals surface area contributed by atoms with Crippen LogP contribution in [-0.2, 0) is 11.3 Å². The van der Waals surface area contributed by atoms with Crippen molar-refractivity contribution in [3.63, 3.8) is 0 Å². The third kappa shape index (κ3) is 5.18. The number of benzene rings is 1. The van der Waals surface area contributed by atoms with Crippen LogP contribution in [0.3, 0.4) is 0 Å². The first-order valence-electron chi connectivity index (χ1n) is 4.93. The number of halogens is 1. The van der Waals surface area contributed by atoms with E-state index in [9.17, 15) is 4.79 Å². The predicted molar refractivity (Wildman–Crippen MR) is 75.5 cm³/mol. The molecule has 0 spiro atoms. The molecule has 3 nitrogen and oxygen atoms in total. The molecule has 0 saturated heterocycles. The summed E-state index contributed by atoms with van der Waals surface area (Å²) < 4.78 is 2.05. The van der Waals surface area contributed by atoms with Crippen molar-refractivity contribution in [1.29, 1.82) is 0 Å². The van der Waals surface area contributed by atoms with Crippen LogP contribution < -0.4 is 0 Å². The second kappa shape index (κ2) is 7.13. The lowest BCUT2D eigenvalue weighted by atomic mass is 10.1. The minimum absolute atomic E-state index is 0.182. The Morgan fingerprint density at radius 3 is 2.88 bits per heavy atom. The number of carboxylic acid groups (broad SMARTS) is 1. The van der Waals surface area contributed by atoms with Crippen molar-refractivity contribution in [1.82, 2.24) is 4.31 Å². The number of hydrogen-bond donors (Lipinski definition) is 1. The highest BCUT2D eigenvalue weighted by molar-refractivity contribution is 14.2. The van der Waals surface area contributed by atoms with Gasteiger partial charge >= 0.3 is 5.97 Å². The lowest BCUT2D eigenvalue weighted by Gasteiger charge is -2.17. The standard InChI is InChI=1S/C11H14INO2S/c1-9-3-2-4-10(7-9)8-13(16-12)6-5-11(14)15/h2-4,7H,5-6,8H2,1H3,(H,14,15). The number of nitrogens with zero attached hydrogens (tertiary/aromatic N) is 1. The first kappa shape index (κ1) is 13.8. The molecule has 0 aromatic heterocycles. The maximum absolute atomic E-state index is 10.5. The molecule has 16 heavy (non-hydrogen) atoms. The second-order valence-electron chi connectivity index (χ2n) is 3.57. The average Bonchev–Trinajstić information content (AvgIpc) is 2.24. The van der Waals surface area contributed by atoms with Crippen molar-refractivity contribution >= 4 is 36.3 Å². The monoisotopic (exact) mass is 351 g/mol. The maximum atomic E-state index is 10.5. The highest BCUT2D eigenvalue weighted by atomic mass is 127. The Hall–Kier alpha value is -0.270. The Balaban J connectivity index is 2.52. The Kier molecular flexibility index (Phi) is 6.15. The molecule has 0 aliphatic carbocycles. The van der Waals surface area contributed by atoms with E-state index in [0.717, 1.165) is 6.54 Å². The van der Waals surface area contributed by atoms with E-state index in [-0.39, 0.29) is 6.42 Å². The van der Waals surface area contributed by atoms with Gasteiger partial charge in [0.2, 0.25) is 0 Å². The smallest absolute Gasteiger partial charge is 0.304 e. The van der Waals surface area contributed by atoms with Crippen LogP contribution in [0.4, 0.5) is 0 Å². The molecule has 1 rings (SSSR count). The van der Waals surface area contributed by atoms with Gasteiger partial charge in [-0.25, -0.2) is 4.31 Å². The van der Waals surface area contributed by atoms with Gasteiger partial charge in [-0.05, 0) is 21.6 Å². The van der Waals surface area contributed by atoms with E-state index in [1.54, 1.807) is 9.12 Å². The van der Waals surface area contributed by atoms with E-state index in [2.05, 4.69) is 46.3 Å². The largest absolute Gasteiger partial charge is 0.481 e. The van der Waals surface area contributed by atoms with Crippen LogP contribution in [0.2, 0.25) is 0 Å². The van der Waals surface area contributed by atoms with E-state index in [1.807, 2.05) is 10.4 Å². The van der Waals surface area contributed by atoms with Crippen LogP contribution in [0.15, 0.2) is 24.3 Å². The summed E-state index contributed by atoms with van der Waals surface area (Å²) in [6.45, 7) is 3.40. The number of hydrogen-bond acceptors (Lipinski definition) is 3. The first-order chi connectivity index (χ1) is 7.61. The zero-order valence-corrected chi connectivity index (χ0v) is 12.0. The minimum atomic E-state index is -0.750. The van der Waals surface area contributed by atoms with Crippen LogP contribution in [0.1, 0.15) is 17.5 Å². The third-order valence-electron chi connectivity index (χ3n) is 2.11. The van der Waals surface area contributed by atoms with E-state index >= 15 is 0 Å². The van der Waals surface area contributed by atoms with Gasteiger partial charge in [0.15, 0.2) is 0 Å². The van der Waals surface area contributed by atoms with Gasteiger partial charge in [-0.3, -0.25) is 4.79 Å². The Bertz CT molecular complexity index is 360. The zero-order valence-electron chi connectivity index (χ0n) is 9.02. The first-order valence-corrected chi connectivity index (χ1v) is 8.24. The van der Waals surface area contributed by atoms with Gasteiger partial charge in [0, 0.05) is 34.3 Å². The van der Waals surface area contributed by atoms with Crippen LogP contribution in [0, 0.1) is 6.92 Å². The van der Waals surface area contributed by atoms with Crippen molar-refractivity contribution in [2.24, 2.45) is 0 Å². The predicted octanol–water partition coefficient (Wildman–Crippen LogP) is 3.27. The summed E-state index contributed by atoms with van der Waals surface area (Å²) >= 11 is 2.18. The molecule has 0 saturated carbocycles. The molecular weight excluding hydrogens is 337 g/mol. The molecule has 0 unspecified atom stereocenters. The molecule has 0 atom stereocenters. The highest BCUT2D eigenvalue weighted by Crippen LogP contribution is 2.22. The summed E-state index contributed by atoms with van der Waals surface area (Å²) in [5.41, 5.74) is 2.45. The normalized spacial score (nSPS) is 10.7. The van der Waals surface area contributed by atoms with E-state index < -0.39 is 5.97 Å². The van der Waals surface area contributed by atoms with Gasteiger partial charge in [-0.15, -0.1) is 0 Å². The lowest BCUT2D eigenvalue weighted by molar-refractivity contribution is -0.137. The van der Waals surface area contributed by atoms with Crippen LogP contribution in [0.5, 0.6) is 0 Å². The molecule has 0 bridgehead atoms. The summed E-state index contributed by atoms with van der Waals surface area (Å²) in [5.74, 6) is -0.750. The molecule has 0 heterocycles. The van der Waals surface area contributed by atoms with Crippen molar-refractivity contribution < 1.29 is 9.90 Å². The van der Waals surface area contributed by atoms with E-state index in [1.165, 1.54) is 11.1 Å².